The molecule has 3 nitrogen and oxygen atoms in total. The van der Waals surface area contributed by atoms with Crippen LogP contribution in [0.1, 0.15) is 18.4 Å². The predicted octanol–water partition coefficient (Wildman–Crippen LogP) is 3.01. The average molecular weight is 227 g/mol. The molecule has 0 atom stereocenters. The summed E-state index contributed by atoms with van der Waals surface area (Å²) in [5.74, 6) is -1.01. The fourth-order valence-corrected chi connectivity index (χ4v) is 1.30. The molecule has 0 aliphatic carbocycles. The Morgan fingerprint density at radius 2 is 2.00 bits per heavy atom. The smallest absolute Gasteiger partial charge is 0.330 e. The lowest BCUT2D eigenvalue weighted by Gasteiger charge is -2.00. The molecular weight excluding hydrogens is 214 g/mol. The van der Waals surface area contributed by atoms with Crippen LogP contribution in [0.5, 0.6) is 0 Å². The van der Waals surface area contributed by atoms with Crippen molar-refractivity contribution in [2.45, 2.75) is 12.8 Å². The Morgan fingerprint density at radius 1 is 1.35 bits per heavy atom. The van der Waals surface area contributed by atoms with Crippen LogP contribution in [-0.2, 0) is 4.79 Å². The number of hydrogen-bond acceptors (Lipinski definition) is 2. The summed E-state index contributed by atoms with van der Waals surface area (Å²) in [6.07, 6.45) is 2.45. The van der Waals surface area contributed by atoms with Gasteiger partial charge in [-0.05, 0) is 24.5 Å². The van der Waals surface area contributed by atoms with Crippen molar-refractivity contribution in [3.05, 3.63) is 53.6 Å². The molecule has 0 amide bonds. The van der Waals surface area contributed by atoms with Gasteiger partial charge in [0.25, 0.3) is 0 Å². The van der Waals surface area contributed by atoms with Gasteiger partial charge in [0.1, 0.15) is 0 Å². The summed E-state index contributed by atoms with van der Waals surface area (Å²) in [5, 5.41) is 17.6. The van der Waals surface area contributed by atoms with Crippen LogP contribution in [-0.4, -0.2) is 11.1 Å². The van der Waals surface area contributed by atoms with Gasteiger partial charge in [-0.25, -0.2) is 4.79 Å². The lowest BCUT2D eigenvalue weighted by Crippen LogP contribution is -1.98. The highest BCUT2D eigenvalue weighted by atomic mass is 16.4. The van der Waals surface area contributed by atoms with Crippen molar-refractivity contribution in [3.63, 3.8) is 0 Å². The Labute approximate surface area is 100 Å². The fraction of sp³-hybridized carbons (Fsp3) is 0.143. The molecule has 0 unspecified atom stereocenters. The summed E-state index contributed by atoms with van der Waals surface area (Å²) in [7, 11) is 0. The van der Waals surface area contributed by atoms with Crippen LogP contribution >= 0.6 is 0 Å². The molecule has 0 aromatic heterocycles. The lowest BCUT2D eigenvalue weighted by molar-refractivity contribution is -0.132. The molecule has 0 heterocycles. The first-order chi connectivity index (χ1) is 8.13. The van der Waals surface area contributed by atoms with Gasteiger partial charge in [-0.15, -0.1) is 0 Å². The average Bonchev–Trinajstić information content (AvgIpc) is 2.35. The van der Waals surface area contributed by atoms with Crippen LogP contribution in [0.4, 0.5) is 0 Å². The number of hydrogen-bond donors (Lipinski definition) is 1. The Bertz CT molecular complexity index is 481. The fourth-order valence-electron chi connectivity index (χ4n) is 1.30. The van der Waals surface area contributed by atoms with E-state index >= 15 is 0 Å². The highest BCUT2D eigenvalue weighted by Gasteiger charge is 2.05. The van der Waals surface area contributed by atoms with Crippen LogP contribution in [0, 0.1) is 11.3 Å². The molecule has 3 heteroatoms. The van der Waals surface area contributed by atoms with E-state index in [1.165, 1.54) is 0 Å². The third-order valence-electron chi connectivity index (χ3n) is 2.28. The molecule has 0 radical (unpaired) electrons. The summed E-state index contributed by atoms with van der Waals surface area (Å²) in [4.78, 5) is 10.6. The first kappa shape index (κ1) is 12.7. The lowest BCUT2D eigenvalue weighted by atomic mass is 10.0. The molecule has 1 aromatic rings. The van der Waals surface area contributed by atoms with Crippen LogP contribution in [0.15, 0.2) is 48.1 Å². The van der Waals surface area contributed by atoms with Crippen LogP contribution in [0.25, 0.3) is 6.08 Å². The summed E-state index contributed by atoms with van der Waals surface area (Å²) in [6, 6.07) is 11.5. The molecule has 0 spiro atoms. The molecule has 0 aliphatic heterocycles. The molecule has 0 bridgehead atoms. The summed E-state index contributed by atoms with van der Waals surface area (Å²) in [6.45, 7) is 3.43. The van der Waals surface area contributed by atoms with E-state index < -0.39 is 5.97 Å². The maximum absolute atomic E-state index is 10.6. The summed E-state index contributed by atoms with van der Waals surface area (Å²) in [5.41, 5.74) is 1.61. The van der Waals surface area contributed by atoms with E-state index in [-0.39, 0.29) is 5.57 Å². The summed E-state index contributed by atoms with van der Waals surface area (Å²) >= 11 is 0. The molecular formula is C14H13NO2. The standard InChI is InChI=1S/C14H13NO2/c1-11(14(16)17)7-8-13(10-15)9-12-5-3-2-4-6-12/h2-6,9H,1,7-8H2,(H,16,17). The van der Waals surface area contributed by atoms with E-state index in [0.717, 1.165) is 5.56 Å². The van der Waals surface area contributed by atoms with Gasteiger partial charge in [0.2, 0.25) is 0 Å². The Morgan fingerprint density at radius 3 is 2.53 bits per heavy atom. The van der Waals surface area contributed by atoms with E-state index in [4.69, 9.17) is 10.4 Å². The largest absolute Gasteiger partial charge is 0.478 e. The molecule has 0 saturated carbocycles. The number of carboxylic acids is 1. The van der Waals surface area contributed by atoms with E-state index in [1.54, 1.807) is 6.08 Å². The SMILES string of the molecule is C=C(CCC(C#N)=Cc1ccccc1)C(=O)O. The molecule has 0 fully saturated rings. The molecule has 1 N–H and O–H groups in total. The number of carboxylic acid groups (broad SMARTS) is 1. The third kappa shape index (κ3) is 4.35. The molecule has 0 saturated heterocycles. The molecule has 17 heavy (non-hydrogen) atoms. The van der Waals surface area contributed by atoms with Gasteiger partial charge in [0.15, 0.2) is 0 Å². The molecule has 1 rings (SSSR count). The third-order valence-corrected chi connectivity index (χ3v) is 2.28. The van der Waals surface area contributed by atoms with Gasteiger partial charge in [-0.3, -0.25) is 0 Å². The zero-order valence-corrected chi connectivity index (χ0v) is 9.39. The van der Waals surface area contributed by atoms with Crippen molar-refractivity contribution in [2.75, 3.05) is 0 Å². The minimum Gasteiger partial charge on any atom is -0.478 e. The number of allylic oxidation sites excluding steroid dienone is 1. The number of rotatable bonds is 5. The second-order valence-electron chi connectivity index (χ2n) is 3.60. The maximum atomic E-state index is 10.6. The number of nitriles is 1. The van der Waals surface area contributed by atoms with Gasteiger partial charge < -0.3 is 5.11 Å². The van der Waals surface area contributed by atoms with Crippen molar-refractivity contribution in [1.82, 2.24) is 0 Å². The van der Waals surface area contributed by atoms with Crippen molar-refractivity contribution < 1.29 is 9.90 Å². The number of carbonyl (C=O) groups is 1. The van der Waals surface area contributed by atoms with Gasteiger partial charge >= 0.3 is 5.97 Å². The highest BCUT2D eigenvalue weighted by Crippen LogP contribution is 2.14. The Kier molecular flexibility index (Phi) is 4.71. The monoisotopic (exact) mass is 227 g/mol. The van der Waals surface area contributed by atoms with E-state index in [2.05, 4.69) is 12.6 Å². The Balaban J connectivity index is 2.68. The topological polar surface area (TPSA) is 61.1 Å². The van der Waals surface area contributed by atoms with Crippen LogP contribution in [0.2, 0.25) is 0 Å². The van der Waals surface area contributed by atoms with Crippen molar-refractivity contribution in [3.8, 4) is 6.07 Å². The minimum atomic E-state index is -1.01. The van der Waals surface area contributed by atoms with Crippen molar-refractivity contribution in [1.29, 1.82) is 5.26 Å². The van der Waals surface area contributed by atoms with E-state index in [0.29, 0.717) is 18.4 Å². The molecule has 0 aliphatic rings. The quantitative estimate of drug-likeness (QED) is 0.621. The second kappa shape index (κ2) is 6.29. The van der Waals surface area contributed by atoms with Gasteiger partial charge in [0, 0.05) is 11.1 Å². The van der Waals surface area contributed by atoms with Crippen LogP contribution < -0.4 is 0 Å². The number of benzene rings is 1. The maximum Gasteiger partial charge on any atom is 0.330 e. The highest BCUT2D eigenvalue weighted by molar-refractivity contribution is 5.85. The van der Waals surface area contributed by atoms with Gasteiger partial charge in [0.05, 0.1) is 6.07 Å². The summed E-state index contributed by atoms with van der Waals surface area (Å²) < 4.78 is 0. The zero-order chi connectivity index (χ0) is 12.7. The van der Waals surface area contributed by atoms with Crippen LogP contribution in [0.3, 0.4) is 0 Å². The first-order valence-corrected chi connectivity index (χ1v) is 5.20. The van der Waals surface area contributed by atoms with E-state index in [9.17, 15) is 4.79 Å². The van der Waals surface area contributed by atoms with Gasteiger partial charge in [-0.2, -0.15) is 5.26 Å². The Hall–Kier alpha value is -2.34. The molecule has 1 aromatic carbocycles. The first-order valence-electron chi connectivity index (χ1n) is 5.20. The van der Waals surface area contributed by atoms with Crippen molar-refractivity contribution >= 4 is 12.0 Å². The zero-order valence-electron chi connectivity index (χ0n) is 9.39. The van der Waals surface area contributed by atoms with Gasteiger partial charge in [-0.1, -0.05) is 36.9 Å². The number of aliphatic carboxylic acids is 1. The minimum absolute atomic E-state index is 0.124. The van der Waals surface area contributed by atoms with E-state index in [1.807, 2.05) is 30.3 Å². The molecule has 86 valence electrons. The normalized spacial score (nSPS) is 10.6. The van der Waals surface area contributed by atoms with Crippen molar-refractivity contribution in [2.24, 2.45) is 0 Å². The second-order valence-corrected chi connectivity index (χ2v) is 3.60. The predicted molar refractivity (Wildman–Crippen MR) is 66.0 cm³/mol. The number of nitrogens with zero attached hydrogens (tertiary/aromatic N) is 1.